The number of hydrogen-bond acceptors (Lipinski definition) is 3. The molecule has 0 bridgehead atoms. The van der Waals surface area contributed by atoms with Crippen LogP contribution < -0.4 is 4.90 Å². The van der Waals surface area contributed by atoms with Crippen LogP contribution in [0.1, 0.15) is 5.56 Å². The van der Waals surface area contributed by atoms with E-state index in [2.05, 4.69) is 0 Å². The fraction of sp³-hybridized carbons (Fsp3) is 0.0400. The van der Waals surface area contributed by atoms with Crippen molar-refractivity contribution in [1.29, 1.82) is 0 Å². The molecule has 1 amide bonds. The van der Waals surface area contributed by atoms with E-state index in [0.717, 1.165) is 16.5 Å². The largest absolute Gasteiger partial charge is 0.350 e. The van der Waals surface area contributed by atoms with Crippen LogP contribution in [0.25, 0.3) is 17.0 Å². The Labute approximate surface area is 220 Å². The Morgan fingerprint density at radius 1 is 0.882 bits per heavy atom. The summed E-state index contributed by atoms with van der Waals surface area (Å²) >= 11 is 25.9. The second kappa shape index (κ2) is 9.33. The minimum Gasteiger partial charge on any atom is -0.350 e. The van der Waals surface area contributed by atoms with Crippen molar-refractivity contribution in [2.45, 2.75) is 0 Å². The molecule has 0 aliphatic carbocycles. The molecule has 5 rings (SSSR count). The van der Waals surface area contributed by atoms with Gasteiger partial charge in [-0.2, -0.15) is 0 Å². The average Bonchev–Trinajstić information content (AvgIpc) is 3.29. The minimum absolute atomic E-state index is 0.213. The van der Waals surface area contributed by atoms with Crippen LogP contribution in [0, 0.1) is 0 Å². The Balaban J connectivity index is 1.63. The summed E-state index contributed by atoms with van der Waals surface area (Å²) in [5.41, 5.74) is 3.16. The van der Waals surface area contributed by atoms with Gasteiger partial charge in [0.15, 0.2) is 5.17 Å². The normalized spacial score (nSPS) is 16.4. The molecule has 2 heterocycles. The Kier molecular flexibility index (Phi) is 6.40. The van der Waals surface area contributed by atoms with Crippen molar-refractivity contribution in [2.75, 3.05) is 4.90 Å². The fourth-order valence-corrected chi connectivity index (χ4v) is 5.27. The third-order valence-electron chi connectivity index (χ3n) is 5.31. The van der Waals surface area contributed by atoms with Crippen molar-refractivity contribution in [2.24, 2.45) is 12.0 Å². The SMILES string of the molecule is Cn1cc(/C=C2\SC(=Nc3ccc(Cl)c(Cl)c3)N(c3ccc(Cl)c(Cl)c3)C2=O)c2ccccc21. The summed E-state index contributed by atoms with van der Waals surface area (Å²) in [6, 6.07) is 18.1. The van der Waals surface area contributed by atoms with Crippen LogP contribution in [0.15, 0.2) is 76.8 Å². The lowest BCUT2D eigenvalue weighted by Crippen LogP contribution is -2.28. The zero-order valence-electron chi connectivity index (χ0n) is 17.6. The number of aliphatic imine (C=N–C) groups is 1. The molecule has 0 saturated carbocycles. The van der Waals surface area contributed by atoms with Gasteiger partial charge in [0.25, 0.3) is 5.91 Å². The highest BCUT2D eigenvalue weighted by molar-refractivity contribution is 8.19. The van der Waals surface area contributed by atoms with Crippen molar-refractivity contribution in [3.8, 4) is 0 Å². The predicted molar refractivity (Wildman–Crippen MR) is 146 cm³/mol. The molecule has 0 unspecified atom stereocenters. The first-order valence-electron chi connectivity index (χ1n) is 10.1. The van der Waals surface area contributed by atoms with Crippen LogP contribution in [0.2, 0.25) is 20.1 Å². The maximum Gasteiger partial charge on any atom is 0.271 e. The van der Waals surface area contributed by atoms with Gasteiger partial charge in [-0.1, -0.05) is 64.6 Å². The van der Waals surface area contributed by atoms with E-state index in [0.29, 0.717) is 41.5 Å². The highest BCUT2D eigenvalue weighted by atomic mass is 35.5. The molecule has 1 aliphatic heterocycles. The number of benzene rings is 3. The van der Waals surface area contributed by atoms with E-state index in [4.69, 9.17) is 51.4 Å². The number of fused-ring (bicyclic) bond motifs is 1. The van der Waals surface area contributed by atoms with Gasteiger partial charge in [-0.3, -0.25) is 9.69 Å². The molecular weight excluding hydrogens is 532 g/mol. The van der Waals surface area contributed by atoms with Crippen LogP contribution >= 0.6 is 58.2 Å². The summed E-state index contributed by atoms with van der Waals surface area (Å²) in [6.07, 6.45) is 3.89. The van der Waals surface area contributed by atoms with Crippen LogP contribution in [0.5, 0.6) is 0 Å². The Morgan fingerprint density at radius 2 is 1.59 bits per heavy atom. The molecule has 0 atom stereocenters. The number of carbonyl (C=O) groups excluding carboxylic acids is 1. The third-order valence-corrected chi connectivity index (χ3v) is 7.76. The number of amidine groups is 1. The molecular formula is C25H15Cl4N3OS. The molecule has 0 radical (unpaired) electrons. The number of anilines is 1. The van der Waals surface area contributed by atoms with Gasteiger partial charge in [0.2, 0.25) is 0 Å². The lowest BCUT2D eigenvalue weighted by atomic mass is 10.1. The second-order valence-corrected chi connectivity index (χ2v) is 10.2. The first-order chi connectivity index (χ1) is 16.3. The number of aryl methyl sites for hydroxylation is 1. The number of carbonyl (C=O) groups is 1. The van der Waals surface area contributed by atoms with E-state index in [1.54, 1.807) is 36.4 Å². The molecule has 0 spiro atoms. The molecule has 9 heteroatoms. The molecule has 3 aromatic carbocycles. The molecule has 0 N–H and O–H groups in total. The second-order valence-electron chi connectivity index (χ2n) is 7.55. The lowest BCUT2D eigenvalue weighted by Gasteiger charge is -2.16. The molecule has 34 heavy (non-hydrogen) atoms. The van der Waals surface area contributed by atoms with Gasteiger partial charge in [0.05, 0.1) is 36.4 Å². The standard InChI is InChI=1S/C25H15Cl4N3OS/c1-31-13-14(17-4-2-3-5-22(17)31)10-23-24(33)32(16-7-9-19(27)21(29)12-16)25(34-23)30-15-6-8-18(26)20(28)11-15/h2-13H,1H3/b23-10-,30-25?. The van der Waals surface area contributed by atoms with E-state index in [1.807, 2.05) is 48.2 Å². The van der Waals surface area contributed by atoms with Crippen molar-refractivity contribution in [3.05, 3.63) is 97.4 Å². The molecule has 1 fully saturated rings. The van der Waals surface area contributed by atoms with Gasteiger partial charge in [-0.15, -0.1) is 0 Å². The van der Waals surface area contributed by atoms with Crippen molar-refractivity contribution in [3.63, 3.8) is 0 Å². The topological polar surface area (TPSA) is 37.6 Å². The van der Waals surface area contributed by atoms with Crippen molar-refractivity contribution >= 4 is 97.6 Å². The molecule has 4 aromatic rings. The summed E-state index contributed by atoms with van der Waals surface area (Å²) in [7, 11) is 1.98. The summed E-state index contributed by atoms with van der Waals surface area (Å²) < 4.78 is 2.03. The Bertz CT molecular complexity index is 1530. The Morgan fingerprint density at radius 3 is 2.32 bits per heavy atom. The van der Waals surface area contributed by atoms with E-state index < -0.39 is 0 Å². The number of hydrogen-bond donors (Lipinski definition) is 0. The van der Waals surface area contributed by atoms with Crippen LogP contribution in [0.4, 0.5) is 11.4 Å². The maximum absolute atomic E-state index is 13.6. The zero-order chi connectivity index (χ0) is 24.0. The first kappa shape index (κ1) is 23.3. The van der Waals surface area contributed by atoms with Crippen LogP contribution in [0.3, 0.4) is 0 Å². The van der Waals surface area contributed by atoms with E-state index in [1.165, 1.54) is 16.7 Å². The Hall–Kier alpha value is -2.41. The molecule has 1 aliphatic rings. The van der Waals surface area contributed by atoms with Gasteiger partial charge in [-0.25, -0.2) is 4.99 Å². The highest BCUT2D eigenvalue weighted by Crippen LogP contribution is 2.40. The maximum atomic E-state index is 13.6. The summed E-state index contributed by atoms with van der Waals surface area (Å²) in [5.74, 6) is -0.213. The van der Waals surface area contributed by atoms with E-state index >= 15 is 0 Å². The lowest BCUT2D eigenvalue weighted by molar-refractivity contribution is -0.113. The third kappa shape index (κ3) is 4.35. The van der Waals surface area contributed by atoms with Gasteiger partial charge in [-0.05, 0) is 60.3 Å². The summed E-state index contributed by atoms with van der Waals surface area (Å²) in [4.78, 5) is 20.3. The minimum atomic E-state index is -0.213. The number of rotatable bonds is 3. The van der Waals surface area contributed by atoms with Crippen molar-refractivity contribution in [1.82, 2.24) is 4.57 Å². The average molecular weight is 547 g/mol. The summed E-state index contributed by atoms with van der Waals surface area (Å²) in [5, 5.41) is 3.08. The quantitative estimate of drug-likeness (QED) is 0.241. The number of para-hydroxylation sites is 1. The van der Waals surface area contributed by atoms with Gasteiger partial charge in [0.1, 0.15) is 0 Å². The number of amides is 1. The van der Waals surface area contributed by atoms with Gasteiger partial charge in [0, 0.05) is 29.7 Å². The number of aromatic nitrogens is 1. The monoisotopic (exact) mass is 545 g/mol. The number of thioether (sulfide) groups is 1. The smallest absolute Gasteiger partial charge is 0.271 e. The highest BCUT2D eigenvalue weighted by Gasteiger charge is 2.35. The fourth-order valence-electron chi connectivity index (χ4n) is 3.69. The van der Waals surface area contributed by atoms with Crippen LogP contribution in [-0.2, 0) is 11.8 Å². The van der Waals surface area contributed by atoms with Gasteiger partial charge >= 0.3 is 0 Å². The zero-order valence-corrected chi connectivity index (χ0v) is 21.4. The van der Waals surface area contributed by atoms with Crippen LogP contribution in [-0.4, -0.2) is 15.6 Å². The molecule has 4 nitrogen and oxygen atoms in total. The predicted octanol–water partition coefficient (Wildman–Crippen LogP) is 8.60. The van der Waals surface area contributed by atoms with E-state index in [-0.39, 0.29) is 5.91 Å². The number of halogens is 4. The number of nitrogens with zero attached hydrogens (tertiary/aromatic N) is 3. The molecule has 170 valence electrons. The molecule has 1 aromatic heterocycles. The van der Waals surface area contributed by atoms with E-state index in [9.17, 15) is 4.79 Å². The molecule has 1 saturated heterocycles. The van der Waals surface area contributed by atoms with Gasteiger partial charge < -0.3 is 4.57 Å². The first-order valence-corrected chi connectivity index (χ1v) is 12.4. The van der Waals surface area contributed by atoms with Crippen molar-refractivity contribution < 1.29 is 4.79 Å². The summed E-state index contributed by atoms with van der Waals surface area (Å²) in [6.45, 7) is 0.